The largest absolute Gasteiger partial charge is 0.394 e. The lowest BCUT2D eigenvalue weighted by molar-refractivity contribution is -0.0805. The molecule has 1 heterocycles. The Labute approximate surface area is 127 Å². The molecule has 0 spiro atoms. The van der Waals surface area contributed by atoms with Crippen LogP contribution in [0.5, 0.6) is 0 Å². The third-order valence-corrected chi connectivity index (χ3v) is 3.81. The van der Waals surface area contributed by atoms with Crippen molar-refractivity contribution in [1.82, 2.24) is 9.55 Å². The summed E-state index contributed by atoms with van der Waals surface area (Å²) in [6.45, 7) is 2.95. The lowest BCUT2D eigenvalue weighted by atomic mass is 10.1. The van der Waals surface area contributed by atoms with Crippen LogP contribution in [0.1, 0.15) is 11.1 Å². The number of hydrogen-bond acceptors (Lipinski definition) is 6. The molecule has 7 nitrogen and oxygen atoms in total. The number of aliphatic hydroxyl groups excluding tert-OH is 4. The second-order valence-corrected chi connectivity index (χ2v) is 5.44. The maximum atomic E-state index is 12.0. The van der Waals surface area contributed by atoms with Gasteiger partial charge >= 0.3 is 0 Å². The Bertz CT molecular complexity index is 728. The van der Waals surface area contributed by atoms with Gasteiger partial charge in [0.05, 0.1) is 30.4 Å². The van der Waals surface area contributed by atoms with Crippen LogP contribution < -0.4 is 5.56 Å². The van der Waals surface area contributed by atoms with Crippen LogP contribution >= 0.6 is 0 Å². The van der Waals surface area contributed by atoms with Crippen molar-refractivity contribution in [2.24, 2.45) is 0 Å². The number of fused-ring (bicyclic) bond motifs is 1. The lowest BCUT2D eigenvalue weighted by Crippen LogP contribution is -2.43. The molecule has 0 saturated heterocycles. The van der Waals surface area contributed by atoms with Crippen LogP contribution in [0, 0.1) is 13.8 Å². The lowest BCUT2D eigenvalue weighted by Gasteiger charge is -2.23. The molecule has 1 aromatic carbocycles. The Morgan fingerprint density at radius 3 is 2.41 bits per heavy atom. The molecule has 0 radical (unpaired) electrons. The number of aliphatic hydroxyl groups is 4. The zero-order chi connectivity index (χ0) is 16.4. The highest BCUT2D eigenvalue weighted by Gasteiger charge is 2.25. The maximum Gasteiger partial charge on any atom is 0.269 e. The van der Waals surface area contributed by atoms with E-state index in [0.29, 0.717) is 11.0 Å². The minimum absolute atomic E-state index is 0.210. The van der Waals surface area contributed by atoms with Gasteiger partial charge in [-0.1, -0.05) is 0 Å². The van der Waals surface area contributed by atoms with Gasteiger partial charge in [-0.3, -0.25) is 4.79 Å². The molecule has 0 fully saturated rings. The molecular formula is C15H20N2O5. The summed E-state index contributed by atoms with van der Waals surface area (Å²) in [5, 5.41) is 37.9. The zero-order valence-corrected chi connectivity index (χ0v) is 12.5. The molecule has 0 saturated carbocycles. The van der Waals surface area contributed by atoms with Crippen molar-refractivity contribution in [3.8, 4) is 0 Å². The smallest absolute Gasteiger partial charge is 0.269 e. The van der Waals surface area contributed by atoms with Gasteiger partial charge in [0, 0.05) is 0 Å². The van der Waals surface area contributed by atoms with Crippen LogP contribution in [0.4, 0.5) is 0 Å². The molecule has 0 unspecified atom stereocenters. The van der Waals surface area contributed by atoms with Crippen LogP contribution in [0.2, 0.25) is 0 Å². The second kappa shape index (κ2) is 6.53. The molecule has 0 bridgehead atoms. The Morgan fingerprint density at radius 2 is 1.77 bits per heavy atom. The number of rotatable bonds is 5. The van der Waals surface area contributed by atoms with Gasteiger partial charge in [-0.2, -0.15) is 0 Å². The number of hydrogen-bond donors (Lipinski definition) is 4. The summed E-state index contributed by atoms with van der Waals surface area (Å²) in [5.41, 5.74) is 2.73. The van der Waals surface area contributed by atoms with Crippen molar-refractivity contribution in [1.29, 1.82) is 0 Å². The molecule has 120 valence electrons. The van der Waals surface area contributed by atoms with Gasteiger partial charge in [-0.15, -0.1) is 0 Å². The van der Waals surface area contributed by atoms with Gasteiger partial charge in [-0.25, -0.2) is 4.98 Å². The van der Waals surface area contributed by atoms with Gasteiger partial charge < -0.3 is 25.0 Å². The van der Waals surface area contributed by atoms with Gasteiger partial charge in [0.15, 0.2) is 0 Å². The van der Waals surface area contributed by atoms with Crippen LogP contribution in [0.3, 0.4) is 0 Å². The van der Waals surface area contributed by atoms with E-state index in [1.807, 2.05) is 19.9 Å². The van der Waals surface area contributed by atoms with E-state index in [1.165, 1.54) is 4.57 Å². The molecule has 0 aliphatic heterocycles. The number of benzene rings is 1. The molecular weight excluding hydrogens is 288 g/mol. The van der Waals surface area contributed by atoms with Crippen LogP contribution in [0.15, 0.2) is 23.1 Å². The molecule has 22 heavy (non-hydrogen) atoms. The first kappa shape index (κ1) is 16.6. The molecule has 1 aromatic heterocycles. The minimum Gasteiger partial charge on any atom is -0.394 e. The standard InChI is InChI=1S/C15H20N2O5/c1-8-3-10-11(4-9(8)2)17(14(21)5-16-10)6-12(19)15(22)13(20)7-18/h3-5,12-13,15,18-20,22H,6-7H2,1-2H3/t12-,13+,15-/m0/s1. The van der Waals surface area contributed by atoms with E-state index in [-0.39, 0.29) is 6.54 Å². The fourth-order valence-electron chi connectivity index (χ4n) is 2.27. The van der Waals surface area contributed by atoms with E-state index < -0.39 is 30.5 Å². The number of aromatic nitrogens is 2. The third kappa shape index (κ3) is 3.17. The van der Waals surface area contributed by atoms with E-state index in [4.69, 9.17) is 5.11 Å². The summed E-state index contributed by atoms with van der Waals surface area (Å²) < 4.78 is 1.30. The number of aryl methyl sites for hydroxylation is 2. The van der Waals surface area contributed by atoms with Crippen molar-refractivity contribution in [2.45, 2.75) is 38.7 Å². The van der Waals surface area contributed by atoms with E-state index in [2.05, 4.69) is 4.98 Å². The van der Waals surface area contributed by atoms with Gasteiger partial charge in [0.25, 0.3) is 5.56 Å². The quantitative estimate of drug-likeness (QED) is 0.568. The summed E-state index contributed by atoms with van der Waals surface area (Å²) in [4.78, 5) is 16.1. The summed E-state index contributed by atoms with van der Waals surface area (Å²) in [7, 11) is 0. The molecule has 2 aromatic rings. The summed E-state index contributed by atoms with van der Waals surface area (Å²) in [5.74, 6) is 0. The van der Waals surface area contributed by atoms with Gasteiger partial charge in [0.1, 0.15) is 18.3 Å². The van der Waals surface area contributed by atoms with Crippen molar-refractivity contribution in [2.75, 3.05) is 6.61 Å². The normalized spacial score (nSPS) is 15.7. The Hall–Kier alpha value is -1.80. The fourth-order valence-corrected chi connectivity index (χ4v) is 2.27. The predicted molar refractivity (Wildman–Crippen MR) is 80.6 cm³/mol. The van der Waals surface area contributed by atoms with E-state index in [9.17, 15) is 20.1 Å². The average molecular weight is 308 g/mol. The van der Waals surface area contributed by atoms with Crippen molar-refractivity contribution < 1.29 is 20.4 Å². The van der Waals surface area contributed by atoms with E-state index in [1.54, 1.807) is 6.07 Å². The zero-order valence-electron chi connectivity index (χ0n) is 12.5. The first-order valence-electron chi connectivity index (χ1n) is 6.97. The van der Waals surface area contributed by atoms with Crippen LogP contribution in [-0.2, 0) is 6.54 Å². The molecule has 0 aliphatic rings. The molecule has 4 N–H and O–H groups in total. The van der Waals surface area contributed by atoms with Gasteiger partial charge in [-0.05, 0) is 37.1 Å². The Balaban J connectivity index is 2.44. The summed E-state index contributed by atoms with van der Waals surface area (Å²) in [6, 6.07) is 3.63. The second-order valence-electron chi connectivity index (χ2n) is 5.44. The topological polar surface area (TPSA) is 116 Å². The fraction of sp³-hybridized carbons (Fsp3) is 0.467. The highest BCUT2D eigenvalue weighted by Crippen LogP contribution is 2.17. The average Bonchev–Trinajstić information content (AvgIpc) is 2.50. The first-order chi connectivity index (χ1) is 10.3. The maximum absolute atomic E-state index is 12.0. The van der Waals surface area contributed by atoms with Crippen molar-refractivity contribution in [3.63, 3.8) is 0 Å². The minimum atomic E-state index is -1.55. The molecule has 0 amide bonds. The van der Waals surface area contributed by atoms with Crippen molar-refractivity contribution in [3.05, 3.63) is 39.8 Å². The summed E-state index contributed by atoms with van der Waals surface area (Å²) in [6.07, 6.45) is -3.26. The third-order valence-electron chi connectivity index (χ3n) is 3.81. The van der Waals surface area contributed by atoms with Crippen LogP contribution in [0.25, 0.3) is 11.0 Å². The highest BCUT2D eigenvalue weighted by molar-refractivity contribution is 5.76. The molecule has 0 aliphatic carbocycles. The van der Waals surface area contributed by atoms with E-state index >= 15 is 0 Å². The predicted octanol–water partition coefficient (Wildman–Crippen LogP) is -0.912. The van der Waals surface area contributed by atoms with Gasteiger partial charge in [0.2, 0.25) is 0 Å². The highest BCUT2D eigenvalue weighted by atomic mass is 16.4. The Kier molecular flexibility index (Phi) is 4.92. The summed E-state index contributed by atoms with van der Waals surface area (Å²) >= 11 is 0. The first-order valence-corrected chi connectivity index (χ1v) is 6.97. The molecule has 2 rings (SSSR count). The SMILES string of the molecule is Cc1cc2ncc(=O)n(C[C@H](O)[C@H](O)[C@H](O)CO)c2cc1C. The monoisotopic (exact) mass is 308 g/mol. The Morgan fingerprint density at radius 1 is 1.14 bits per heavy atom. The number of nitrogens with zero attached hydrogens (tertiary/aromatic N) is 2. The van der Waals surface area contributed by atoms with E-state index in [0.717, 1.165) is 17.3 Å². The molecule has 3 atom stereocenters. The van der Waals surface area contributed by atoms with Crippen molar-refractivity contribution >= 4 is 11.0 Å². The van der Waals surface area contributed by atoms with Crippen LogP contribution in [-0.4, -0.2) is 54.9 Å². The molecule has 7 heteroatoms.